The van der Waals surface area contributed by atoms with Gasteiger partial charge in [0.05, 0.1) is 33.0 Å². The highest BCUT2D eigenvalue weighted by Gasteiger charge is 2.16. The normalized spacial score (nSPS) is 11.5. The molecule has 0 fully saturated rings. The smallest absolute Gasteiger partial charge is 0.337 e. The Kier molecular flexibility index (Phi) is 7.51. The maximum Gasteiger partial charge on any atom is 0.337 e. The van der Waals surface area contributed by atoms with E-state index in [9.17, 15) is 9.90 Å². The molecule has 0 bridgehead atoms. The summed E-state index contributed by atoms with van der Waals surface area (Å²) in [5, 5.41) is 10.8. The predicted molar refractivity (Wildman–Crippen MR) is 117 cm³/mol. The minimum atomic E-state index is -0.834. The van der Waals surface area contributed by atoms with E-state index in [0.29, 0.717) is 35.0 Å². The second-order valence-electron chi connectivity index (χ2n) is 7.00. The highest BCUT2D eigenvalue weighted by molar-refractivity contribution is 5.90. The van der Waals surface area contributed by atoms with Crippen LogP contribution in [0.1, 0.15) is 33.2 Å². The van der Waals surface area contributed by atoms with E-state index in [-0.39, 0.29) is 6.42 Å². The molecule has 0 aliphatic heterocycles. The predicted octanol–water partition coefficient (Wildman–Crippen LogP) is 4.35. The number of ether oxygens (including phenoxy) is 4. The Morgan fingerprint density at radius 2 is 1.52 bits per heavy atom. The number of hydrogen-bond acceptors (Lipinski definition) is 6. The summed E-state index contributed by atoms with van der Waals surface area (Å²) in [7, 11) is 4.44. The van der Waals surface area contributed by atoms with Crippen LogP contribution in [0.3, 0.4) is 0 Å². The molecule has 1 unspecified atom stereocenters. The molecule has 0 saturated carbocycles. The van der Waals surface area contributed by atoms with Crippen molar-refractivity contribution < 1.29 is 28.8 Å². The van der Waals surface area contributed by atoms with Gasteiger partial charge in [0.25, 0.3) is 0 Å². The van der Waals surface area contributed by atoms with Crippen LogP contribution < -0.4 is 14.2 Å². The van der Waals surface area contributed by atoms with Gasteiger partial charge in [-0.05, 0) is 47.0 Å². The molecule has 31 heavy (non-hydrogen) atoms. The van der Waals surface area contributed by atoms with Gasteiger partial charge in [-0.2, -0.15) is 0 Å². The van der Waals surface area contributed by atoms with Crippen LogP contribution in [0.25, 0.3) is 0 Å². The number of benzene rings is 3. The van der Waals surface area contributed by atoms with Crippen LogP contribution in [0.2, 0.25) is 0 Å². The summed E-state index contributed by atoms with van der Waals surface area (Å²) in [4.78, 5) is 12.1. The number of esters is 1. The highest BCUT2D eigenvalue weighted by Crippen LogP contribution is 2.29. The number of rotatable bonds is 9. The van der Waals surface area contributed by atoms with Gasteiger partial charge in [0, 0.05) is 12.5 Å². The highest BCUT2D eigenvalue weighted by atomic mass is 16.5. The van der Waals surface area contributed by atoms with Crippen LogP contribution in [0.4, 0.5) is 0 Å². The van der Waals surface area contributed by atoms with Crippen molar-refractivity contribution in [3.05, 3.63) is 89.0 Å². The van der Waals surface area contributed by atoms with E-state index < -0.39 is 12.1 Å². The number of aliphatic hydroxyl groups excluding tert-OH is 1. The molecule has 6 heteroatoms. The second kappa shape index (κ2) is 10.5. The first-order chi connectivity index (χ1) is 15.0. The zero-order valence-electron chi connectivity index (χ0n) is 17.8. The van der Waals surface area contributed by atoms with Crippen LogP contribution in [-0.4, -0.2) is 32.4 Å². The first-order valence-corrected chi connectivity index (χ1v) is 9.82. The lowest BCUT2D eigenvalue weighted by Crippen LogP contribution is -2.07. The summed E-state index contributed by atoms with van der Waals surface area (Å²) < 4.78 is 21.3. The van der Waals surface area contributed by atoms with Crippen LogP contribution in [0.15, 0.2) is 66.7 Å². The first kappa shape index (κ1) is 22.2. The molecule has 0 saturated heterocycles. The average molecular weight is 422 g/mol. The largest absolute Gasteiger partial charge is 0.497 e. The summed E-state index contributed by atoms with van der Waals surface area (Å²) >= 11 is 0. The third-order valence-electron chi connectivity index (χ3n) is 4.82. The maximum atomic E-state index is 12.1. The lowest BCUT2D eigenvalue weighted by atomic mass is 9.99. The Labute approximate surface area is 182 Å². The molecule has 0 aliphatic rings. The van der Waals surface area contributed by atoms with Crippen molar-refractivity contribution in [1.29, 1.82) is 0 Å². The quantitative estimate of drug-likeness (QED) is 0.517. The van der Waals surface area contributed by atoms with E-state index in [2.05, 4.69) is 0 Å². The van der Waals surface area contributed by atoms with Crippen molar-refractivity contribution in [2.75, 3.05) is 21.3 Å². The topological polar surface area (TPSA) is 74.2 Å². The Hall–Kier alpha value is -3.51. The molecule has 3 rings (SSSR count). The summed E-state index contributed by atoms with van der Waals surface area (Å²) in [6.07, 6.45) is -0.568. The Balaban J connectivity index is 1.84. The number of hydrogen-bond donors (Lipinski definition) is 1. The number of carbonyl (C=O) groups is 1. The van der Waals surface area contributed by atoms with Crippen molar-refractivity contribution in [3.8, 4) is 17.2 Å². The fraction of sp³-hybridized carbons (Fsp3) is 0.240. The summed E-state index contributed by atoms with van der Waals surface area (Å²) in [5.41, 5.74) is 2.75. The average Bonchev–Trinajstić information content (AvgIpc) is 2.82. The van der Waals surface area contributed by atoms with Crippen LogP contribution in [-0.2, 0) is 17.8 Å². The third-order valence-corrected chi connectivity index (χ3v) is 4.82. The van der Waals surface area contributed by atoms with E-state index >= 15 is 0 Å². The molecular weight excluding hydrogens is 396 g/mol. The lowest BCUT2D eigenvalue weighted by Gasteiger charge is -2.16. The van der Waals surface area contributed by atoms with E-state index in [1.165, 1.54) is 7.11 Å². The van der Waals surface area contributed by atoms with Crippen LogP contribution >= 0.6 is 0 Å². The lowest BCUT2D eigenvalue weighted by molar-refractivity contribution is 0.0600. The van der Waals surface area contributed by atoms with Crippen molar-refractivity contribution in [3.63, 3.8) is 0 Å². The molecular formula is C25H26O6. The molecule has 0 spiro atoms. The maximum absolute atomic E-state index is 12.1. The fourth-order valence-electron chi connectivity index (χ4n) is 3.20. The summed E-state index contributed by atoms with van der Waals surface area (Å²) in [6.45, 7) is 0.362. The standard InChI is InChI=1S/C25H26O6/c1-28-21-12-19(13-22(15-21)29-2)24(26)11-18-9-20(25(27)30-3)14-23(10-18)31-16-17-7-5-4-6-8-17/h4-10,12-15,24,26H,11,16H2,1-3H3. The molecule has 0 aliphatic carbocycles. The second-order valence-corrected chi connectivity index (χ2v) is 7.00. The SMILES string of the molecule is COC(=O)c1cc(CC(O)c2cc(OC)cc(OC)c2)cc(OCc2ccccc2)c1. The zero-order valence-corrected chi connectivity index (χ0v) is 17.8. The number of methoxy groups -OCH3 is 3. The summed E-state index contributed by atoms with van der Waals surface area (Å²) in [5.74, 6) is 1.23. The van der Waals surface area contributed by atoms with E-state index in [4.69, 9.17) is 18.9 Å². The molecule has 3 aromatic carbocycles. The van der Waals surface area contributed by atoms with Gasteiger partial charge in [-0.3, -0.25) is 0 Å². The number of aliphatic hydroxyl groups is 1. The minimum absolute atomic E-state index is 0.267. The van der Waals surface area contributed by atoms with E-state index in [1.807, 2.05) is 36.4 Å². The molecule has 1 N–H and O–H groups in total. The van der Waals surface area contributed by atoms with Crippen LogP contribution in [0, 0.1) is 0 Å². The van der Waals surface area contributed by atoms with Crippen molar-refractivity contribution in [2.45, 2.75) is 19.1 Å². The first-order valence-electron chi connectivity index (χ1n) is 9.82. The molecule has 3 aromatic rings. The third kappa shape index (κ3) is 5.99. The molecule has 1 atom stereocenters. The fourth-order valence-corrected chi connectivity index (χ4v) is 3.20. The van der Waals surface area contributed by atoms with Gasteiger partial charge in [0.1, 0.15) is 23.9 Å². The van der Waals surface area contributed by atoms with Gasteiger partial charge in [-0.1, -0.05) is 30.3 Å². The molecule has 0 radical (unpaired) electrons. The monoisotopic (exact) mass is 422 g/mol. The van der Waals surface area contributed by atoms with Crippen LogP contribution in [0.5, 0.6) is 17.2 Å². The van der Waals surface area contributed by atoms with E-state index in [1.54, 1.807) is 44.6 Å². The van der Waals surface area contributed by atoms with Gasteiger partial charge in [0.15, 0.2) is 0 Å². The molecule has 0 aromatic heterocycles. The van der Waals surface area contributed by atoms with Crippen molar-refractivity contribution in [1.82, 2.24) is 0 Å². The Morgan fingerprint density at radius 3 is 2.13 bits per heavy atom. The molecule has 6 nitrogen and oxygen atoms in total. The summed E-state index contributed by atoms with van der Waals surface area (Å²) in [6, 6.07) is 20.1. The van der Waals surface area contributed by atoms with Gasteiger partial charge in [-0.25, -0.2) is 4.79 Å². The minimum Gasteiger partial charge on any atom is -0.497 e. The van der Waals surface area contributed by atoms with Gasteiger partial charge in [0.2, 0.25) is 0 Å². The Morgan fingerprint density at radius 1 is 0.839 bits per heavy atom. The molecule has 162 valence electrons. The number of carbonyl (C=O) groups excluding carboxylic acids is 1. The van der Waals surface area contributed by atoms with Gasteiger partial charge < -0.3 is 24.1 Å². The van der Waals surface area contributed by atoms with E-state index in [0.717, 1.165) is 11.1 Å². The zero-order chi connectivity index (χ0) is 22.2. The van der Waals surface area contributed by atoms with Gasteiger partial charge in [-0.15, -0.1) is 0 Å². The molecule has 0 heterocycles. The van der Waals surface area contributed by atoms with Gasteiger partial charge >= 0.3 is 5.97 Å². The van der Waals surface area contributed by atoms with Crippen molar-refractivity contribution in [2.24, 2.45) is 0 Å². The Bertz CT molecular complexity index is 994. The van der Waals surface area contributed by atoms with Crippen molar-refractivity contribution >= 4 is 5.97 Å². The molecule has 0 amide bonds.